The number of carbonyl (C=O) groups excluding carboxylic acids is 1. The third-order valence-corrected chi connectivity index (χ3v) is 6.11. The van der Waals surface area contributed by atoms with Gasteiger partial charge in [0.25, 0.3) is 0 Å². The molecule has 1 fully saturated rings. The van der Waals surface area contributed by atoms with E-state index in [0.29, 0.717) is 13.0 Å². The van der Waals surface area contributed by atoms with E-state index >= 15 is 0 Å². The number of likely N-dealkylation sites (tertiary alicyclic amines) is 1. The van der Waals surface area contributed by atoms with Gasteiger partial charge in [-0.05, 0) is 50.6 Å². The second-order valence-electron chi connectivity index (χ2n) is 7.40. The molecule has 2 heterocycles. The molecule has 0 aliphatic carbocycles. The third-order valence-electron chi connectivity index (χ3n) is 5.11. The number of fused-ring (bicyclic) bond motifs is 1. The lowest BCUT2D eigenvalue weighted by Crippen LogP contribution is -2.53. The number of hydrogen-bond acceptors (Lipinski definition) is 4. The van der Waals surface area contributed by atoms with Gasteiger partial charge in [-0.15, -0.1) is 0 Å². The summed E-state index contributed by atoms with van der Waals surface area (Å²) in [4.78, 5) is 16.4. The summed E-state index contributed by atoms with van der Waals surface area (Å²) < 4.78 is 6.06. The zero-order valence-electron chi connectivity index (χ0n) is 15.5. The molecule has 2 aromatic rings. The Hall–Kier alpha value is -2.02. The van der Waals surface area contributed by atoms with Crippen molar-refractivity contribution >= 4 is 17.7 Å². The average Bonchev–Trinajstić information content (AvgIpc) is 3.03. The Morgan fingerprint density at radius 2 is 1.89 bits per heavy atom. The van der Waals surface area contributed by atoms with Crippen LogP contribution in [0.5, 0.6) is 5.75 Å². The lowest BCUT2D eigenvalue weighted by molar-refractivity contribution is -0.139. The minimum Gasteiger partial charge on any atom is -0.485 e. The fraction of sp³-hybridized carbons (Fsp3) is 0.381. The van der Waals surface area contributed by atoms with Gasteiger partial charge in [0.05, 0.1) is 6.04 Å². The highest BCUT2D eigenvalue weighted by Crippen LogP contribution is 2.45. The summed E-state index contributed by atoms with van der Waals surface area (Å²) in [6.45, 7) is 4.44. The van der Waals surface area contributed by atoms with Gasteiger partial charge in [0.15, 0.2) is 0 Å². The zero-order chi connectivity index (χ0) is 18.3. The Morgan fingerprint density at radius 1 is 1.15 bits per heavy atom. The molecule has 5 nitrogen and oxygen atoms in total. The van der Waals surface area contributed by atoms with E-state index in [0.717, 1.165) is 27.5 Å². The molecule has 27 heavy (non-hydrogen) atoms. The minimum absolute atomic E-state index is 0. The second-order valence-corrected chi connectivity index (χ2v) is 8.55. The summed E-state index contributed by atoms with van der Waals surface area (Å²) in [7, 11) is 0. The van der Waals surface area contributed by atoms with Crippen LogP contribution in [0.2, 0.25) is 0 Å². The number of hydrogen-bond donors (Lipinski definition) is 1. The number of aliphatic hydroxyl groups is 1. The van der Waals surface area contributed by atoms with Crippen molar-refractivity contribution in [3.8, 4) is 5.75 Å². The largest absolute Gasteiger partial charge is 0.485 e. The monoisotopic (exact) mass is 387 g/mol. The van der Waals surface area contributed by atoms with E-state index in [2.05, 4.69) is 18.2 Å². The standard InChI is InChI=1S/C21H23NO3S.H2O/c1-21(2)20(24)19(22-12-6-9-18(22)23)16-13-15(10-11-17(16)25-21)26-14-7-4-3-5-8-14;/h3-5,7-8,10-11,13,19-20,24H,6,9,12H2,1-2H3;1H2/t19-,20+;/m1./s1. The first-order chi connectivity index (χ1) is 12.5. The molecule has 0 unspecified atom stereocenters. The molecular formula is C21H25NO4S. The summed E-state index contributed by atoms with van der Waals surface area (Å²) in [5.74, 6) is 0.862. The maximum atomic E-state index is 12.4. The summed E-state index contributed by atoms with van der Waals surface area (Å²) in [5.41, 5.74) is 0.155. The molecule has 0 bridgehead atoms. The van der Waals surface area contributed by atoms with Crippen LogP contribution in [0.4, 0.5) is 0 Å². The van der Waals surface area contributed by atoms with Crippen LogP contribution in [-0.4, -0.2) is 39.6 Å². The molecule has 1 amide bonds. The molecule has 144 valence electrons. The third kappa shape index (κ3) is 3.70. The zero-order valence-corrected chi connectivity index (χ0v) is 16.3. The summed E-state index contributed by atoms with van der Waals surface area (Å²) in [5, 5.41) is 11.0. The quantitative estimate of drug-likeness (QED) is 0.877. The molecule has 0 saturated carbocycles. The molecular weight excluding hydrogens is 362 g/mol. The molecule has 2 aliphatic heterocycles. The van der Waals surface area contributed by atoms with Crippen LogP contribution in [-0.2, 0) is 4.79 Å². The maximum absolute atomic E-state index is 12.4. The SMILES string of the molecule is CC1(C)Oc2ccc(Sc3ccccc3)cc2[C@@H](N2CCCC2=O)[C@@H]1O.O. The summed E-state index contributed by atoms with van der Waals surface area (Å²) >= 11 is 1.67. The molecule has 2 atom stereocenters. The van der Waals surface area contributed by atoms with E-state index in [1.54, 1.807) is 11.8 Å². The van der Waals surface area contributed by atoms with E-state index in [1.165, 1.54) is 0 Å². The smallest absolute Gasteiger partial charge is 0.223 e. The topological polar surface area (TPSA) is 81.3 Å². The number of carbonyl (C=O) groups is 1. The molecule has 3 N–H and O–H groups in total. The highest BCUT2D eigenvalue weighted by molar-refractivity contribution is 7.99. The maximum Gasteiger partial charge on any atom is 0.223 e. The Labute approximate surface area is 163 Å². The first-order valence-corrected chi connectivity index (χ1v) is 9.81. The van der Waals surface area contributed by atoms with Crippen LogP contribution in [0.25, 0.3) is 0 Å². The fourth-order valence-electron chi connectivity index (χ4n) is 3.73. The van der Waals surface area contributed by atoms with Crippen LogP contribution >= 0.6 is 11.8 Å². The van der Waals surface area contributed by atoms with Crippen LogP contribution in [0, 0.1) is 0 Å². The Kier molecular flexibility index (Phi) is 5.51. The molecule has 6 heteroatoms. The van der Waals surface area contributed by atoms with E-state index in [4.69, 9.17) is 4.74 Å². The number of rotatable bonds is 3. The summed E-state index contributed by atoms with van der Waals surface area (Å²) in [6, 6.07) is 15.9. The fourth-order valence-corrected chi connectivity index (χ4v) is 4.62. The van der Waals surface area contributed by atoms with E-state index in [1.807, 2.05) is 49.1 Å². The first-order valence-electron chi connectivity index (χ1n) is 8.99. The minimum atomic E-state index is -0.769. The van der Waals surface area contributed by atoms with Gasteiger partial charge in [0.1, 0.15) is 17.5 Å². The van der Waals surface area contributed by atoms with Gasteiger partial charge < -0.3 is 20.2 Å². The predicted molar refractivity (Wildman–Crippen MR) is 105 cm³/mol. The highest BCUT2D eigenvalue weighted by atomic mass is 32.2. The van der Waals surface area contributed by atoms with Gasteiger partial charge in [-0.1, -0.05) is 30.0 Å². The van der Waals surface area contributed by atoms with Crippen molar-refractivity contribution in [2.24, 2.45) is 0 Å². The van der Waals surface area contributed by atoms with E-state index in [-0.39, 0.29) is 17.4 Å². The highest BCUT2D eigenvalue weighted by Gasteiger charge is 2.47. The van der Waals surface area contributed by atoms with Crippen LogP contribution in [0.15, 0.2) is 58.3 Å². The van der Waals surface area contributed by atoms with Crippen molar-refractivity contribution in [1.29, 1.82) is 0 Å². The molecule has 4 rings (SSSR count). The number of nitrogens with zero attached hydrogens (tertiary/aromatic N) is 1. The lowest BCUT2D eigenvalue weighted by atomic mass is 9.85. The van der Waals surface area contributed by atoms with Crippen molar-refractivity contribution in [2.45, 2.75) is 54.2 Å². The molecule has 2 aromatic carbocycles. The average molecular weight is 388 g/mol. The predicted octanol–water partition coefficient (Wildman–Crippen LogP) is 3.21. The van der Waals surface area contributed by atoms with Gasteiger partial charge in [-0.3, -0.25) is 4.79 Å². The Balaban J connectivity index is 0.00000210. The van der Waals surface area contributed by atoms with E-state index < -0.39 is 11.7 Å². The van der Waals surface area contributed by atoms with Crippen LogP contribution in [0.1, 0.15) is 38.3 Å². The molecule has 0 spiro atoms. The molecule has 2 aliphatic rings. The second kappa shape index (κ2) is 7.54. The van der Waals surface area contributed by atoms with Crippen molar-refractivity contribution in [3.05, 3.63) is 54.1 Å². The van der Waals surface area contributed by atoms with Crippen LogP contribution in [0.3, 0.4) is 0 Å². The number of ether oxygens (including phenoxy) is 1. The van der Waals surface area contributed by atoms with Gasteiger partial charge in [0.2, 0.25) is 5.91 Å². The Bertz CT molecular complexity index is 824. The molecule has 0 aromatic heterocycles. The first kappa shape index (κ1) is 19.7. The number of aliphatic hydroxyl groups excluding tert-OH is 1. The number of benzene rings is 2. The van der Waals surface area contributed by atoms with Gasteiger partial charge >= 0.3 is 0 Å². The normalized spacial score (nSPS) is 23.4. The van der Waals surface area contributed by atoms with Gasteiger partial charge in [0, 0.05) is 28.3 Å². The van der Waals surface area contributed by atoms with Gasteiger partial charge in [-0.2, -0.15) is 0 Å². The van der Waals surface area contributed by atoms with Crippen LogP contribution < -0.4 is 4.74 Å². The summed E-state index contributed by atoms with van der Waals surface area (Å²) in [6.07, 6.45) is 0.629. The van der Waals surface area contributed by atoms with Gasteiger partial charge in [-0.25, -0.2) is 0 Å². The molecule has 0 radical (unpaired) electrons. The molecule has 1 saturated heterocycles. The Morgan fingerprint density at radius 3 is 2.56 bits per heavy atom. The lowest BCUT2D eigenvalue weighted by Gasteiger charge is -2.45. The van der Waals surface area contributed by atoms with Crippen molar-refractivity contribution in [3.63, 3.8) is 0 Å². The van der Waals surface area contributed by atoms with E-state index in [9.17, 15) is 9.90 Å². The number of amides is 1. The van der Waals surface area contributed by atoms with Crippen molar-refractivity contribution < 1.29 is 20.1 Å². The van der Waals surface area contributed by atoms with Crippen molar-refractivity contribution in [2.75, 3.05) is 6.54 Å². The van der Waals surface area contributed by atoms with Crippen molar-refractivity contribution in [1.82, 2.24) is 4.90 Å².